The minimum atomic E-state index is 0. The highest BCUT2D eigenvalue weighted by molar-refractivity contribution is 4.00. The van der Waals surface area contributed by atoms with E-state index < -0.39 is 0 Å². The molecule has 0 heterocycles. The van der Waals surface area contributed by atoms with Gasteiger partial charge in [0.1, 0.15) is 0 Å². The van der Waals surface area contributed by atoms with Gasteiger partial charge in [0.15, 0.2) is 0 Å². The predicted molar refractivity (Wildman–Crippen MR) is 44.2 cm³/mol. The van der Waals surface area contributed by atoms with E-state index >= 15 is 0 Å². The van der Waals surface area contributed by atoms with Crippen LogP contribution in [0.1, 0.15) is 20.8 Å². The van der Waals surface area contributed by atoms with E-state index in [1.165, 1.54) is 0 Å². The maximum Gasteiger partial charge on any atom is -0.0106 e. The summed E-state index contributed by atoms with van der Waals surface area (Å²) in [7, 11) is 0. The summed E-state index contributed by atoms with van der Waals surface area (Å²) in [5, 5.41) is 0. The summed E-state index contributed by atoms with van der Waals surface area (Å²) in [6.45, 7) is 7.96. The van der Waals surface area contributed by atoms with Crippen LogP contribution in [0.15, 0.2) is 0 Å². The smallest absolute Gasteiger partial charge is 0.0106 e. The van der Waals surface area contributed by atoms with Crippen molar-refractivity contribution in [2.24, 2.45) is 17.2 Å². The Morgan fingerprint density at radius 1 is 0.583 bits per heavy atom. The van der Waals surface area contributed by atoms with Crippen LogP contribution in [0.5, 0.6) is 0 Å². The molecular formula is C6H21F3N3-3. The first-order valence-electron chi connectivity index (χ1n) is 3.35. The van der Waals surface area contributed by atoms with Crippen molar-refractivity contribution in [2.45, 2.75) is 20.8 Å². The minimum Gasteiger partial charge on any atom is -1.00 e. The molecule has 0 aromatic carbocycles. The molecule has 0 fully saturated rings. The molecule has 12 heavy (non-hydrogen) atoms. The molecule has 3 nitrogen and oxygen atoms in total. The van der Waals surface area contributed by atoms with Crippen molar-refractivity contribution in [3.05, 3.63) is 0 Å². The van der Waals surface area contributed by atoms with Gasteiger partial charge in [0.2, 0.25) is 0 Å². The summed E-state index contributed by atoms with van der Waals surface area (Å²) in [6.07, 6.45) is 0. The highest BCUT2D eigenvalue weighted by atomic mass is 19.0. The SMILES string of the molecule is CCN.CCN.CCN.[F-].[F-].[F-]. The summed E-state index contributed by atoms with van der Waals surface area (Å²) < 4.78 is 0. The van der Waals surface area contributed by atoms with Crippen LogP contribution in [0.25, 0.3) is 0 Å². The van der Waals surface area contributed by atoms with Crippen LogP contribution in [0.3, 0.4) is 0 Å². The Hall–Kier alpha value is -0.330. The molecule has 0 aromatic rings. The van der Waals surface area contributed by atoms with Gasteiger partial charge in [0.05, 0.1) is 0 Å². The first kappa shape index (κ1) is 41.3. The van der Waals surface area contributed by atoms with Gasteiger partial charge >= 0.3 is 0 Å². The van der Waals surface area contributed by atoms with Crippen molar-refractivity contribution in [1.82, 2.24) is 0 Å². The number of nitrogens with two attached hydrogens (primary N) is 3. The molecule has 0 saturated carbocycles. The molecular weight excluding hydrogens is 171 g/mol. The lowest BCUT2D eigenvalue weighted by Crippen LogP contribution is -3.00. The van der Waals surface area contributed by atoms with Crippen molar-refractivity contribution in [2.75, 3.05) is 19.6 Å². The number of hydrogen-bond acceptors (Lipinski definition) is 3. The van der Waals surface area contributed by atoms with Gasteiger partial charge in [-0.1, -0.05) is 20.8 Å². The van der Waals surface area contributed by atoms with Crippen LogP contribution in [0.4, 0.5) is 0 Å². The molecule has 0 spiro atoms. The zero-order chi connectivity index (χ0) is 8.12. The summed E-state index contributed by atoms with van der Waals surface area (Å²) in [4.78, 5) is 0. The predicted octanol–water partition coefficient (Wildman–Crippen LogP) is -9.09. The normalized spacial score (nSPS) is 4.50. The first-order chi connectivity index (χ1) is 4.24. The first-order valence-corrected chi connectivity index (χ1v) is 3.35. The van der Waals surface area contributed by atoms with Crippen LogP contribution in [-0.2, 0) is 0 Å². The topological polar surface area (TPSA) is 78.1 Å². The van der Waals surface area contributed by atoms with Gasteiger partial charge < -0.3 is 31.3 Å². The van der Waals surface area contributed by atoms with Gasteiger partial charge in [-0.25, -0.2) is 0 Å². The summed E-state index contributed by atoms with van der Waals surface area (Å²) in [5.74, 6) is 0. The maximum atomic E-state index is 4.85. The third kappa shape index (κ3) is 6670. The molecule has 6 N–H and O–H groups in total. The largest absolute Gasteiger partial charge is 1.00 e. The zero-order valence-corrected chi connectivity index (χ0v) is 7.99. The van der Waals surface area contributed by atoms with Crippen LogP contribution in [-0.4, -0.2) is 19.6 Å². The standard InChI is InChI=1S/3C2H7N.3FH/c3*1-2-3;;;/h3*2-3H2,1H3;3*1H/p-3. The van der Waals surface area contributed by atoms with Crippen LogP contribution >= 0.6 is 0 Å². The van der Waals surface area contributed by atoms with Crippen molar-refractivity contribution in [3.8, 4) is 0 Å². The Morgan fingerprint density at radius 2 is 0.583 bits per heavy atom. The van der Waals surface area contributed by atoms with Gasteiger partial charge in [0, 0.05) is 0 Å². The van der Waals surface area contributed by atoms with Gasteiger partial charge in [-0.15, -0.1) is 0 Å². The highest BCUT2D eigenvalue weighted by Gasteiger charge is 1.33. The molecule has 0 amide bonds. The molecule has 0 atom stereocenters. The highest BCUT2D eigenvalue weighted by Crippen LogP contribution is 1.20. The van der Waals surface area contributed by atoms with Crippen molar-refractivity contribution in [3.63, 3.8) is 0 Å². The lowest BCUT2D eigenvalue weighted by Gasteiger charge is -1.53. The van der Waals surface area contributed by atoms with E-state index in [2.05, 4.69) is 0 Å². The minimum absolute atomic E-state index is 0. The number of halogens is 3. The third-order valence-electron chi connectivity index (χ3n) is 0. The van der Waals surface area contributed by atoms with Gasteiger partial charge in [0.25, 0.3) is 0 Å². The molecule has 6 heteroatoms. The average Bonchev–Trinajstić information content (AvgIpc) is 1.70. The second-order valence-corrected chi connectivity index (χ2v) is 1.22. The maximum absolute atomic E-state index is 4.85. The van der Waals surface area contributed by atoms with Crippen molar-refractivity contribution < 1.29 is 14.1 Å². The van der Waals surface area contributed by atoms with Gasteiger partial charge in [-0.3, -0.25) is 0 Å². The summed E-state index contributed by atoms with van der Waals surface area (Å²) >= 11 is 0. The molecule has 0 saturated heterocycles. The van der Waals surface area contributed by atoms with E-state index in [1.807, 2.05) is 20.8 Å². The number of hydrogen-bond donors (Lipinski definition) is 3. The molecule has 0 aliphatic rings. The van der Waals surface area contributed by atoms with E-state index in [4.69, 9.17) is 17.2 Å². The Morgan fingerprint density at radius 3 is 0.583 bits per heavy atom. The molecule has 0 aliphatic carbocycles. The fourth-order valence-corrected chi connectivity index (χ4v) is 0. The van der Waals surface area contributed by atoms with Crippen LogP contribution < -0.4 is 31.3 Å². The van der Waals surface area contributed by atoms with E-state index in [0.29, 0.717) is 0 Å². The Labute approximate surface area is 72.8 Å². The van der Waals surface area contributed by atoms with E-state index in [0.717, 1.165) is 19.6 Å². The molecule has 0 aliphatic heterocycles. The summed E-state index contributed by atoms with van der Waals surface area (Å²) in [6, 6.07) is 0. The van der Waals surface area contributed by atoms with Gasteiger partial charge in [-0.05, 0) is 19.6 Å². The van der Waals surface area contributed by atoms with E-state index in [1.54, 1.807) is 0 Å². The molecule has 0 bridgehead atoms. The average molecular weight is 192 g/mol. The molecule has 0 rings (SSSR count). The van der Waals surface area contributed by atoms with Crippen molar-refractivity contribution >= 4 is 0 Å². The second kappa shape index (κ2) is 140. The lowest BCUT2D eigenvalue weighted by molar-refractivity contribution is -0.00100. The zero-order valence-electron chi connectivity index (χ0n) is 7.99. The Kier molecular flexibility index (Phi) is 482. The second-order valence-electron chi connectivity index (χ2n) is 1.22. The molecule has 84 valence electrons. The fraction of sp³-hybridized carbons (Fsp3) is 1.00. The number of rotatable bonds is 0. The van der Waals surface area contributed by atoms with Crippen LogP contribution in [0.2, 0.25) is 0 Å². The van der Waals surface area contributed by atoms with Crippen LogP contribution in [0, 0.1) is 0 Å². The monoisotopic (exact) mass is 192 g/mol. The summed E-state index contributed by atoms with van der Waals surface area (Å²) in [5.41, 5.74) is 14.5. The fourth-order valence-electron chi connectivity index (χ4n) is 0. The quantitative estimate of drug-likeness (QED) is 0.357. The van der Waals surface area contributed by atoms with E-state index in [9.17, 15) is 0 Å². The Bertz CT molecular complexity index is 22.8. The van der Waals surface area contributed by atoms with Gasteiger partial charge in [-0.2, -0.15) is 0 Å². The molecule has 0 unspecified atom stereocenters. The van der Waals surface area contributed by atoms with Crippen molar-refractivity contribution in [1.29, 1.82) is 0 Å². The lowest BCUT2D eigenvalue weighted by atomic mass is 10.8. The third-order valence-corrected chi connectivity index (χ3v) is 0. The Balaban J connectivity index is -0.00000001000. The molecule has 0 aromatic heterocycles. The van der Waals surface area contributed by atoms with E-state index in [-0.39, 0.29) is 14.1 Å². The molecule has 0 radical (unpaired) electrons.